The Balaban J connectivity index is 2.03. The molecule has 1 heterocycles. The summed E-state index contributed by atoms with van der Waals surface area (Å²) in [6.07, 6.45) is 3.88. The third-order valence-corrected chi connectivity index (χ3v) is 3.69. The maximum atomic E-state index is 5.55. The van der Waals surface area contributed by atoms with E-state index in [1.807, 2.05) is 0 Å². The smallest absolute Gasteiger partial charge is 0.0844 e. The molecule has 4 unspecified atom stereocenters. The van der Waals surface area contributed by atoms with E-state index < -0.39 is 0 Å². The van der Waals surface area contributed by atoms with Crippen LogP contribution in [-0.2, 0) is 4.74 Å². The Hall–Kier alpha value is -0.0400. The van der Waals surface area contributed by atoms with Crippen LogP contribution in [0.25, 0.3) is 0 Å². The quantitative estimate of drug-likeness (QED) is 0.488. The van der Waals surface area contributed by atoms with Crippen LogP contribution < -0.4 is 0 Å². The van der Waals surface area contributed by atoms with Crippen molar-refractivity contribution in [1.82, 2.24) is 0 Å². The molecule has 1 aliphatic carbocycles. The number of hydrogen-bond donors (Lipinski definition) is 0. The first-order valence-corrected chi connectivity index (χ1v) is 4.84. The summed E-state index contributed by atoms with van der Waals surface area (Å²) in [5.74, 6) is 2.62. The zero-order chi connectivity index (χ0) is 8.01. The lowest BCUT2D eigenvalue weighted by Crippen LogP contribution is -2.15. The van der Waals surface area contributed by atoms with E-state index >= 15 is 0 Å². The van der Waals surface area contributed by atoms with Crippen molar-refractivity contribution in [2.45, 2.75) is 45.8 Å². The van der Waals surface area contributed by atoms with Crippen molar-refractivity contribution in [2.24, 2.45) is 17.8 Å². The molecule has 0 aromatic rings. The molecule has 64 valence electrons. The van der Waals surface area contributed by atoms with E-state index in [0.29, 0.717) is 12.2 Å². The van der Waals surface area contributed by atoms with Gasteiger partial charge in [-0.15, -0.1) is 0 Å². The zero-order valence-corrected chi connectivity index (χ0v) is 7.71. The fraction of sp³-hybridized carbons (Fsp3) is 1.00. The van der Waals surface area contributed by atoms with Gasteiger partial charge in [0, 0.05) is 0 Å². The molecule has 0 amide bonds. The van der Waals surface area contributed by atoms with Gasteiger partial charge in [-0.2, -0.15) is 0 Å². The minimum Gasteiger partial charge on any atom is -0.370 e. The average Bonchev–Trinajstić information content (AvgIpc) is 2.65. The van der Waals surface area contributed by atoms with Gasteiger partial charge in [0.1, 0.15) is 0 Å². The Morgan fingerprint density at radius 3 is 1.82 bits per heavy atom. The first kappa shape index (κ1) is 7.60. The largest absolute Gasteiger partial charge is 0.370 e. The van der Waals surface area contributed by atoms with Crippen molar-refractivity contribution in [2.75, 3.05) is 0 Å². The van der Waals surface area contributed by atoms with Gasteiger partial charge < -0.3 is 4.74 Å². The molecule has 0 bridgehead atoms. The molecular formula is C10H18O. The first-order valence-electron chi connectivity index (χ1n) is 4.84. The molecule has 11 heavy (non-hydrogen) atoms. The van der Waals surface area contributed by atoms with Gasteiger partial charge in [-0.05, 0) is 30.6 Å². The topological polar surface area (TPSA) is 12.5 Å². The van der Waals surface area contributed by atoms with Gasteiger partial charge in [0.15, 0.2) is 0 Å². The summed E-state index contributed by atoms with van der Waals surface area (Å²) >= 11 is 0. The van der Waals surface area contributed by atoms with Crippen molar-refractivity contribution >= 4 is 0 Å². The summed E-state index contributed by atoms with van der Waals surface area (Å²) in [4.78, 5) is 0. The lowest BCUT2D eigenvalue weighted by atomic mass is 9.84. The second-order valence-corrected chi connectivity index (χ2v) is 4.50. The second kappa shape index (κ2) is 2.48. The van der Waals surface area contributed by atoms with Gasteiger partial charge in [0.2, 0.25) is 0 Å². The van der Waals surface area contributed by atoms with Crippen LogP contribution in [0, 0.1) is 17.8 Å². The molecule has 1 nitrogen and oxygen atoms in total. The molecule has 0 spiro atoms. The van der Waals surface area contributed by atoms with Crippen LogP contribution in [0.2, 0.25) is 0 Å². The van der Waals surface area contributed by atoms with Gasteiger partial charge in [0.05, 0.1) is 12.2 Å². The van der Waals surface area contributed by atoms with E-state index in [2.05, 4.69) is 20.8 Å². The highest BCUT2D eigenvalue weighted by Crippen LogP contribution is 2.42. The van der Waals surface area contributed by atoms with Gasteiger partial charge in [-0.1, -0.05) is 20.8 Å². The number of epoxide rings is 1. The predicted molar refractivity (Wildman–Crippen MR) is 45.4 cm³/mol. The Kier molecular flexibility index (Phi) is 1.71. The van der Waals surface area contributed by atoms with Crippen molar-refractivity contribution in [3.63, 3.8) is 0 Å². The van der Waals surface area contributed by atoms with E-state index in [9.17, 15) is 0 Å². The molecular weight excluding hydrogens is 136 g/mol. The van der Waals surface area contributed by atoms with Crippen molar-refractivity contribution < 1.29 is 4.74 Å². The molecule has 1 saturated carbocycles. The lowest BCUT2D eigenvalue weighted by molar-refractivity contribution is 0.209. The standard InChI is InChI=1S/C10H18O/c1-6-4-9-10(11-9)5-7(2)8(6)3/h6-10H,4-5H2,1-3H3. The number of hydrogen-bond acceptors (Lipinski definition) is 1. The molecule has 2 aliphatic rings. The highest BCUT2D eigenvalue weighted by atomic mass is 16.6. The second-order valence-electron chi connectivity index (χ2n) is 4.50. The molecule has 4 atom stereocenters. The Labute approximate surface area is 69.1 Å². The van der Waals surface area contributed by atoms with Crippen LogP contribution in [0.5, 0.6) is 0 Å². The van der Waals surface area contributed by atoms with E-state index in [1.165, 1.54) is 12.8 Å². The van der Waals surface area contributed by atoms with E-state index in [0.717, 1.165) is 17.8 Å². The Morgan fingerprint density at radius 2 is 1.36 bits per heavy atom. The van der Waals surface area contributed by atoms with Crippen LogP contribution in [-0.4, -0.2) is 12.2 Å². The van der Waals surface area contributed by atoms with Crippen LogP contribution in [0.1, 0.15) is 33.6 Å². The third kappa shape index (κ3) is 1.31. The Morgan fingerprint density at radius 1 is 0.909 bits per heavy atom. The third-order valence-electron chi connectivity index (χ3n) is 3.69. The monoisotopic (exact) mass is 154 g/mol. The summed E-state index contributed by atoms with van der Waals surface area (Å²) in [7, 11) is 0. The van der Waals surface area contributed by atoms with Crippen LogP contribution in [0.15, 0.2) is 0 Å². The molecule has 0 aromatic heterocycles. The van der Waals surface area contributed by atoms with Crippen LogP contribution in [0.3, 0.4) is 0 Å². The van der Waals surface area contributed by atoms with Gasteiger partial charge in [0.25, 0.3) is 0 Å². The van der Waals surface area contributed by atoms with E-state index in [-0.39, 0.29) is 0 Å². The van der Waals surface area contributed by atoms with Crippen molar-refractivity contribution in [1.29, 1.82) is 0 Å². The first-order chi connectivity index (χ1) is 5.18. The summed E-state index contributed by atoms with van der Waals surface area (Å²) in [5.41, 5.74) is 0. The lowest BCUT2D eigenvalue weighted by Gasteiger charge is -2.23. The molecule has 1 saturated heterocycles. The average molecular weight is 154 g/mol. The summed E-state index contributed by atoms with van der Waals surface area (Å²) in [6.45, 7) is 7.12. The molecule has 2 rings (SSSR count). The normalized spacial score (nSPS) is 56.5. The molecule has 0 N–H and O–H groups in total. The highest BCUT2D eigenvalue weighted by molar-refractivity contribution is 4.92. The molecule has 2 fully saturated rings. The molecule has 0 aromatic carbocycles. The van der Waals surface area contributed by atoms with Crippen molar-refractivity contribution in [3.8, 4) is 0 Å². The van der Waals surface area contributed by atoms with Gasteiger partial charge in [-0.25, -0.2) is 0 Å². The SMILES string of the molecule is CC1CC2OC2CC(C)C1C. The maximum absolute atomic E-state index is 5.55. The van der Waals surface area contributed by atoms with Crippen molar-refractivity contribution in [3.05, 3.63) is 0 Å². The Bertz CT molecular complexity index is 139. The summed E-state index contributed by atoms with van der Waals surface area (Å²) in [5, 5.41) is 0. The fourth-order valence-electron chi connectivity index (χ4n) is 2.32. The minimum absolute atomic E-state index is 0.636. The fourth-order valence-corrected chi connectivity index (χ4v) is 2.32. The minimum atomic E-state index is 0.636. The molecule has 1 aliphatic heterocycles. The number of fused-ring (bicyclic) bond motifs is 1. The molecule has 1 heteroatoms. The van der Waals surface area contributed by atoms with E-state index in [1.54, 1.807) is 0 Å². The highest BCUT2D eigenvalue weighted by Gasteiger charge is 2.44. The zero-order valence-electron chi connectivity index (χ0n) is 7.71. The van der Waals surface area contributed by atoms with Crippen LogP contribution in [0.4, 0.5) is 0 Å². The molecule has 0 radical (unpaired) electrons. The van der Waals surface area contributed by atoms with Gasteiger partial charge in [-0.3, -0.25) is 0 Å². The van der Waals surface area contributed by atoms with Gasteiger partial charge >= 0.3 is 0 Å². The maximum Gasteiger partial charge on any atom is 0.0844 e. The number of rotatable bonds is 0. The predicted octanol–water partition coefficient (Wildman–Crippen LogP) is 2.46. The number of ether oxygens (including phenoxy) is 1. The van der Waals surface area contributed by atoms with Crippen LogP contribution >= 0.6 is 0 Å². The summed E-state index contributed by atoms with van der Waals surface area (Å²) in [6, 6.07) is 0. The summed E-state index contributed by atoms with van der Waals surface area (Å²) < 4.78 is 5.55. The van der Waals surface area contributed by atoms with E-state index in [4.69, 9.17) is 4.74 Å².